The molecule has 0 aliphatic rings. The Morgan fingerprint density at radius 3 is 1.39 bits per heavy atom. The van der Waals surface area contributed by atoms with Crippen LogP contribution < -0.4 is 0 Å². The molecule has 302 valence electrons. The third kappa shape index (κ3) is 43.3. The van der Waals surface area contributed by atoms with E-state index in [0.717, 1.165) is 44.9 Å². The lowest BCUT2D eigenvalue weighted by Gasteiger charge is -2.18. The van der Waals surface area contributed by atoms with E-state index in [1.54, 1.807) is 0 Å². The number of ether oxygens (including phenoxy) is 2. The van der Waals surface area contributed by atoms with E-state index in [9.17, 15) is 9.36 Å². The molecule has 0 aromatic rings. The molecule has 0 unspecified atom stereocenters. The minimum absolute atomic E-state index is 0.0790. The van der Waals surface area contributed by atoms with Crippen molar-refractivity contribution in [3.05, 3.63) is 24.3 Å². The number of unbranched alkanes of at least 4 members (excludes halogenated alkanes) is 27. The number of esters is 1. The lowest BCUT2D eigenvalue weighted by molar-refractivity contribution is -0.154. The van der Waals surface area contributed by atoms with Crippen molar-refractivity contribution >= 4 is 13.8 Å². The zero-order chi connectivity index (χ0) is 37.4. The number of rotatable bonds is 41. The second-order valence-electron chi connectivity index (χ2n) is 14.7. The summed E-state index contributed by atoms with van der Waals surface area (Å²) in [6.07, 6.45) is 47.4. The Morgan fingerprint density at radius 1 is 0.529 bits per heavy atom. The summed E-state index contributed by atoms with van der Waals surface area (Å²) in [5, 5.41) is 0. The highest BCUT2D eigenvalue weighted by atomic mass is 31.2. The van der Waals surface area contributed by atoms with Crippen molar-refractivity contribution in [1.29, 1.82) is 0 Å². The van der Waals surface area contributed by atoms with E-state index in [1.807, 2.05) is 0 Å². The van der Waals surface area contributed by atoms with E-state index >= 15 is 0 Å². The molecule has 8 heteroatoms. The van der Waals surface area contributed by atoms with E-state index in [-0.39, 0.29) is 19.2 Å². The quantitative estimate of drug-likeness (QED) is 0.0278. The standard InChI is InChI=1S/C43H83O7P/c1-3-5-7-9-11-13-15-17-19-21-23-25-27-29-31-33-35-37-39-48-40-42(41-49-51(45,46)47)50-43(44)38-36-34-32-30-28-26-24-22-20-18-16-14-12-10-8-6-4-2/h12,14,18,20,42H,3-11,13,15-17,19,21-41H2,1-2H3,(H2,45,46,47)/b14-12-,20-18-/t42-/m1/s1. The second-order valence-corrected chi connectivity index (χ2v) is 15.9. The predicted molar refractivity (Wildman–Crippen MR) is 216 cm³/mol. The molecular formula is C43H83O7P. The topological polar surface area (TPSA) is 102 Å². The monoisotopic (exact) mass is 743 g/mol. The molecule has 0 aliphatic heterocycles. The van der Waals surface area contributed by atoms with Gasteiger partial charge in [-0.05, 0) is 44.9 Å². The molecule has 1 atom stereocenters. The van der Waals surface area contributed by atoms with Gasteiger partial charge in [-0.3, -0.25) is 9.32 Å². The van der Waals surface area contributed by atoms with Gasteiger partial charge >= 0.3 is 13.8 Å². The molecule has 0 radical (unpaired) electrons. The van der Waals surface area contributed by atoms with Crippen molar-refractivity contribution in [2.45, 2.75) is 225 Å². The minimum Gasteiger partial charge on any atom is -0.457 e. The van der Waals surface area contributed by atoms with Gasteiger partial charge in [-0.15, -0.1) is 0 Å². The summed E-state index contributed by atoms with van der Waals surface area (Å²) in [6, 6.07) is 0. The van der Waals surface area contributed by atoms with Crippen LogP contribution >= 0.6 is 7.82 Å². The van der Waals surface area contributed by atoms with Gasteiger partial charge in [0.1, 0.15) is 6.10 Å². The molecule has 0 aliphatic carbocycles. The molecule has 0 rings (SSSR count). The first-order valence-electron chi connectivity index (χ1n) is 21.7. The highest BCUT2D eigenvalue weighted by Gasteiger charge is 2.21. The van der Waals surface area contributed by atoms with Crippen LogP contribution in [0.4, 0.5) is 0 Å². The number of hydrogen-bond acceptors (Lipinski definition) is 5. The van der Waals surface area contributed by atoms with Crippen molar-refractivity contribution in [1.82, 2.24) is 0 Å². The van der Waals surface area contributed by atoms with Crippen molar-refractivity contribution < 1.29 is 33.1 Å². The van der Waals surface area contributed by atoms with Crippen LogP contribution in [-0.2, 0) is 23.4 Å². The minimum atomic E-state index is -4.65. The fourth-order valence-corrected chi connectivity index (χ4v) is 6.66. The van der Waals surface area contributed by atoms with Crippen LogP contribution in [-0.4, -0.2) is 41.7 Å². The summed E-state index contributed by atoms with van der Waals surface area (Å²) in [7, 11) is -4.65. The van der Waals surface area contributed by atoms with Gasteiger partial charge in [-0.2, -0.15) is 0 Å². The third-order valence-corrected chi connectivity index (χ3v) is 9.99. The van der Waals surface area contributed by atoms with Gasteiger partial charge in [-0.1, -0.05) is 192 Å². The fourth-order valence-electron chi connectivity index (χ4n) is 6.30. The van der Waals surface area contributed by atoms with Gasteiger partial charge in [0.2, 0.25) is 0 Å². The van der Waals surface area contributed by atoms with E-state index in [4.69, 9.17) is 19.3 Å². The van der Waals surface area contributed by atoms with E-state index in [0.29, 0.717) is 13.0 Å². The molecule has 0 aromatic heterocycles. The maximum atomic E-state index is 12.4. The Bertz CT molecular complexity index is 825. The smallest absolute Gasteiger partial charge is 0.457 e. The van der Waals surface area contributed by atoms with Crippen LogP contribution in [0.25, 0.3) is 0 Å². The molecule has 0 saturated heterocycles. The SMILES string of the molecule is CCCCC/C=C\C/C=C\CCCCCCCCCC(=O)O[C@H](COCCCCCCCCCCCCCCCCCCCC)COP(=O)(O)O. The van der Waals surface area contributed by atoms with Crippen molar-refractivity contribution in [2.75, 3.05) is 19.8 Å². The third-order valence-electron chi connectivity index (χ3n) is 9.50. The van der Waals surface area contributed by atoms with Crippen LogP contribution in [0.5, 0.6) is 0 Å². The number of hydrogen-bond donors (Lipinski definition) is 2. The van der Waals surface area contributed by atoms with Crippen molar-refractivity contribution in [3.63, 3.8) is 0 Å². The van der Waals surface area contributed by atoms with Gasteiger partial charge in [0.25, 0.3) is 0 Å². The first-order chi connectivity index (χ1) is 24.9. The normalized spacial score (nSPS) is 12.8. The molecule has 0 spiro atoms. The molecular weight excluding hydrogens is 659 g/mol. The van der Waals surface area contributed by atoms with E-state index < -0.39 is 13.9 Å². The maximum Gasteiger partial charge on any atom is 0.469 e. The zero-order valence-electron chi connectivity index (χ0n) is 33.5. The summed E-state index contributed by atoms with van der Waals surface area (Å²) < 4.78 is 27.0. The Balaban J connectivity index is 3.77. The first-order valence-corrected chi connectivity index (χ1v) is 23.2. The lowest BCUT2D eigenvalue weighted by Crippen LogP contribution is -2.28. The molecule has 0 fully saturated rings. The Morgan fingerprint density at radius 2 is 0.922 bits per heavy atom. The van der Waals surface area contributed by atoms with Crippen LogP contribution in [0, 0.1) is 0 Å². The van der Waals surface area contributed by atoms with E-state index in [1.165, 1.54) is 154 Å². The highest BCUT2D eigenvalue weighted by molar-refractivity contribution is 7.46. The van der Waals surface area contributed by atoms with Gasteiger partial charge in [0, 0.05) is 13.0 Å². The van der Waals surface area contributed by atoms with Gasteiger partial charge in [0.15, 0.2) is 0 Å². The largest absolute Gasteiger partial charge is 0.469 e. The molecule has 0 saturated carbocycles. The summed E-state index contributed by atoms with van der Waals surface area (Å²) in [5.74, 6) is -0.367. The van der Waals surface area contributed by atoms with Crippen LogP contribution in [0.1, 0.15) is 219 Å². The van der Waals surface area contributed by atoms with Crippen molar-refractivity contribution in [3.8, 4) is 0 Å². The maximum absolute atomic E-state index is 12.4. The summed E-state index contributed by atoms with van der Waals surface area (Å²) >= 11 is 0. The van der Waals surface area contributed by atoms with Crippen LogP contribution in [0.2, 0.25) is 0 Å². The number of phosphoric ester groups is 1. The summed E-state index contributed by atoms with van der Waals surface area (Å²) in [6.45, 7) is 4.76. The average Bonchev–Trinajstić information content (AvgIpc) is 3.10. The molecule has 0 amide bonds. The number of allylic oxidation sites excluding steroid dienone is 4. The summed E-state index contributed by atoms with van der Waals surface area (Å²) in [4.78, 5) is 30.6. The average molecular weight is 743 g/mol. The molecule has 2 N–H and O–H groups in total. The number of phosphoric acid groups is 1. The lowest BCUT2D eigenvalue weighted by atomic mass is 10.0. The fraction of sp³-hybridized carbons (Fsp3) is 0.884. The Labute approximate surface area is 315 Å². The Hall–Kier alpha value is -0.980. The van der Waals surface area contributed by atoms with Gasteiger partial charge in [-0.25, -0.2) is 4.57 Å². The summed E-state index contributed by atoms with van der Waals surface area (Å²) in [5.41, 5.74) is 0. The number of carbonyl (C=O) groups excluding carboxylic acids is 1. The molecule has 0 heterocycles. The van der Waals surface area contributed by atoms with Crippen LogP contribution in [0.3, 0.4) is 0 Å². The molecule has 0 bridgehead atoms. The van der Waals surface area contributed by atoms with Gasteiger partial charge in [0.05, 0.1) is 13.2 Å². The molecule has 0 aromatic carbocycles. The first kappa shape index (κ1) is 50.0. The number of carbonyl (C=O) groups is 1. The van der Waals surface area contributed by atoms with Gasteiger partial charge < -0.3 is 19.3 Å². The van der Waals surface area contributed by atoms with Crippen LogP contribution in [0.15, 0.2) is 24.3 Å². The predicted octanol–water partition coefficient (Wildman–Crippen LogP) is 13.7. The Kier molecular flexibility index (Phi) is 39.4. The zero-order valence-corrected chi connectivity index (χ0v) is 34.4. The molecule has 7 nitrogen and oxygen atoms in total. The van der Waals surface area contributed by atoms with E-state index in [2.05, 4.69) is 42.7 Å². The molecule has 51 heavy (non-hydrogen) atoms. The highest BCUT2D eigenvalue weighted by Crippen LogP contribution is 2.36. The second kappa shape index (κ2) is 40.2. The van der Waals surface area contributed by atoms with Crippen molar-refractivity contribution in [2.24, 2.45) is 0 Å².